The van der Waals surface area contributed by atoms with E-state index in [-0.39, 0.29) is 11.6 Å². The second-order valence-corrected chi connectivity index (χ2v) is 6.67. The van der Waals surface area contributed by atoms with E-state index in [0.29, 0.717) is 16.9 Å². The molecule has 1 N–H and O–H groups in total. The van der Waals surface area contributed by atoms with Crippen LogP contribution in [-0.4, -0.2) is 6.54 Å². The van der Waals surface area contributed by atoms with Crippen molar-refractivity contribution in [2.45, 2.75) is 45.6 Å². The third kappa shape index (κ3) is 3.40. The first-order valence-electron chi connectivity index (χ1n) is 7.41. The van der Waals surface area contributed by atoms with Crippen molar-refractivity contribution in [3.63, 3.8) is 0 Å². The molecule has 1 unspecified atom stereocenters. The predicted molar refractivity (Wildman–Crippen MR) is 81.6 cm³/mol. The molecule has 1 fully saturated rings. The Kier molecular flexibility index (Phi) is 5.56. The zero-order valence-electron chi connectivity index (χ0n) is 12.1. The van der Waals surface area contributed by atoms with E-state index < -0.39 is 11.6 Å². The summed E-state index contributed by atoms with van der Waals surface area (Å²) in [4.78, 5) is 0. The van der Waals surface area contributed by atoms with Crippen molar-refractivity contribution in [1.29, 1.82) is 0 Å². The lowest BCUT2D eigenvalue weighted by atomic mass is 9.77. The van der Waals surface area contributed by atoms with E-state index in [0.717, 1.165) is 31.6 Å². The van der Waals surface area contributed by atoms with Crippen molar-refractivity contribution >= 4 is 15.9 Å². The third-order valence-corrected chi connectivity index (χ3v) is 4.96. The summed E-state index contributed by atoms with van der Waals surface area (Å²) >= 11 is 3.16. The standard InChI is InChI=1S/C16H22BrF2N/c1-3-20-16(11-6-4-10(2)5-7-11)14-13(18)9-8-12(17)15(14)19/h8-11,16,20H,3-7H2,1-2H3. The van der Waals surface area contributed by atoms with Gasteiger partial charge in [0.1, 0.15) is 11.6 Å². The first-order chi connectivity index (χ1) is 9.54. The summed E-state index contributed by atoms with van der Waals surface area (Å²) in [7, 11) is 0. The highest BCUT2D eigenvalue weighted by atomic mass is 79.9. The molecule has 0 spiro atoms. The van der Waals surface area contributed by atoms with E-state index in [9.17, 15) is 8.78 Å². The van der Waals surface area contributed by atoms with Crippen LogP contribution < -0.4 is 5.32 Å². The van der Waals surface area contributed by atoms with E-state index in [1.165, 1.54) is 12.1 Å². The molecular weight excluding hydrogens is 324 g/mol. The molecule has 1 atom stereocenters. The monoisotopic (exact) mass is 345 g/mol. The van der Waals surface area contributed by atoms with Gasteiger partial charge >= 0.3 is 0 Å². The molecule has 1 aromatic carbocycles. The van der Waals surface area contributed by atoms with E-state index in [2.05, 4.69) is 28.2 Å². The Bertz CT molecular complexity index is 456. The van der Waals surface area contributed by atoms with Crippen molar-refractivity contribution in [3.8, 4) is 0 Å². The lowest BCUT2D eigenvalue weighted by molar-refractivity contribution is 0.226. The Balaban J connectivity index is 2.31. The van der Waals surface area contributed by atoms with Gasteiger partial charge in [-0.05, 0) is 59.3 Å². The molecule has 0 heterocycles. The van der Waals surface area contributed by atoms with Crippen molar-refractivity contribution in [3.05, 3.63) is 33.8 Å². The summed E-state index contributed by atoms with van der Waals surface area (Å²) in [5, 5.41) is 3.29. The lowest BCUT2D eigenvalue weighted by Crippen LogP contribution is -2.32. The molecule has 112 valence electrons. The second kappa shape index (κ2) is 6.99. The van der Waals surface area contributed by atoms with Gasteiger partial charge in [-0.25, -0.2) is 8.78 Å². The Labute approximate surface area is 128 Å². The van der Waals surface area contributed by atoms with E-state index in [1.54, 1.807) is 0 Å². The first-order valence-corrected chi connectivity index (χ1v) is 8.20. The highest BCUT2D eigenvalue weighted by molar-refractivity contribution is 9.10. The molecule has 1 aliphatic rings. The molecule has 1 saturated carbocycles. The Morgan fingerprint density at radius 3 is 2.50 bits per heavy atom. The van der Waals surface area contributed by atoms with Crippen LogP contribution in [0.15, 0.2) is 16.6 Å². The Morgan fingerprint density at radius 2 is 1.90 bits per heavy atom. The molecule has 0 aromatic heterocycles. The van der Waals surface area contributed by atoms with Gasteiger partial charge in [-0.15, -0.1) is 0 Å². The SMILES string of the molecule is CCNC(c1c(F)ccc(Br)c1F)C1CCC(C)CC1. The van der Waals surface area contributed by atoms with Gasteiger partial charge in [0, 0.05) is 11.6 Å². The molecule has 1 aromatic rings. The van der Waals surface area contributed by atoms with Crippen LogP contribution in [0.1, 0.15) is 51.1 Å². The maximum absolute atomic E-state index is 14.3. The van der Waals surface area contributed by atoms with Gasteiger partial charge in [0.05, 0.1) is 4.47 Å². The maximum atomic E-state index is 14.3. The second-order valence-electron chi connectivity index (χ2n) is 5.81. The zero-order chi connectivity index (χ0) is 14.7. The molecule has 0 amide bonds. The Morgan fingerprint density at radius 1 is 1.25 bits per heavy atom. The topological polar surface area (TPSA) is 12.0 Å². The van der Waals surface area contributed by atoms with E-state index in [4.69, 9.17) is 0 Å². The fourth-order valence-electron chi connectivity index (χ4n) is 3.17. The molecule has 4 heteroatoms. The molecule has 0 aliphatic heterocycles. The van der Waals surface area contributed by atoms with E-state index >= 15 is 0 Å². The van der Waals surface area contributed by atoms with Crippen LogP contribution in [0, 0.1) is 23.5 Å². The van der Waals surface area contributed by atoms with Gasteiger partial charge in [-0.3, -0.25) is 0 Å². The summed E-state index contributed by atoms with van der Waals surface area (Å²) in [6.45, 7) is 4.94. The largest absolute Gasteiger partial charge is 0.310 e. The number of nitrogens with one attached hydrogen (secondary N) is 1. The van der Waals surface area contributed by atoms with Gasteiger partial charge in [-0.1, -0.05) is 26.7 Å². The molecule has 2 rings (SSSR count). The number of rotatable bonds is 4. The van der Waals surface area contributed by atoms with Crippen LogP contribution >= 0.6 is 15.9 Å². The summed E-state index contributed by atoms with van der Waals surface area (Å²) in [6.07, 6.45) is 4.35. The highest BCUT2D eigenvalue weighted by Crippen LogP contribution is 2.39. The average Bonchev–Trinajstić information content (AvgIpc) is 2.43. The minimum Gasteiger partial charge on any atom is -0.310 e. The molecule has 0 bridgehead atoms. The van der Waals surface area contributed by atoms with Crippen LogP contribution in [0.25, 0.3) is 0 Å². The van der Waals surface area contributed by atoms with Crippen LogP contribution in [0.5, 0.6) is 0 Å². The maximum Gasteiger partial charge on any atom is 0.145 e. The Hall–Kier alpha value is -0.480. The van der Waals surface area contributed by atoms with Crippen LogP contribution in [-0.2, 0) is 0 Å². The van der Waals surface area contributed by atoms with Gasteiger partial charge in [-0.2, -0.15) is 0 Å². The minimum atomic E-state index is -0.463. The minimum absolute atomic E-state index is 0.195. The molecule has 1 aliphatic carbocycles. The fourth-order valence-corrected chi connectivity index (χ4v) is 3.52. The smallest absolute Gasteiger partial charge is 0.145 e. The van der Waals surface area contributed by atoms with E-state index in [1.807, 2.05) is 6.92 Å². The number of hydrogen-bond donors (Lipinski definition) is 1. The third-order valence-electron chi connectivity index (χ3n) is 4.35. The first kappa shape index (κ1) is 15.9. The van der Waals surface area contributed by atoms with Crippen molar-refractivity contribution in [2.75, 3.05) is 6.54 Å². The van der Waals surface area contributed by atoms with Crippen LogP contribution in [0.2, 0.25) is 0 Å². The summed E-state index contributed by atoms with van der Waals surface area (Å²) in [5.74, 6) is 0.125. The fraction of sp³-hybridized carbons (Fsp3) is 0.625. The number of benzene rings is 1. The normalized spacial score (nSPS) is 24.6. The highest BCUT2D eigenvalue weighted by Gasteiger charge is 2.31. The number of hydrogen-bond acceptors (Lipinski definition) is 1. The van der Waals surface area contributed by atoms with Gasteiger partial charge in [0.15, 0.2) is 0 Å². The summed E-state index contributed by atoms with van der Waals surface area (Å²) in [5.41, 5.74) is 0.195. The summed E-state index contributed by atoms with van der Waals surface area (Å²) in [6, 6.07) is 2.54. The molecular formula is C16H22BrF2N. The van der Waals surface area contributed by atoms with Crippen molar-refractivity contribution in [2.24, 2.45) is 11.8 Å². The molecule has 1 nitrogen and oxygen atoms in total. The average molecular weight is 346 g/mol. The molecule has 20 heavy (non-hydrogen) atoms. The molecule has 0 saturated heterocycles. The van der Waals surface area contributed by atoms with Crippen molar-refractivity contribution in [1.82, 2.24) is 5.32 Å². The molecule has 0 radical (unpaired) electrons. The summed E-state index contributed by atoms with van der Waals surface area (Å²) < 4.78 is 28.8. The van der Waals surface area contributed by atoms with Crippen molar-refractivity contribution < 1.29 is 8.78 Å². The van der Waals surface area contributed by atoms with Crippen LogP contribution in [0.4, 0.5) is 8.78 Å². The lowest BCUT2D eigenvalue weighted by Gasteiger charge is -2.34. The zero-order valence-corrected chi connectivity index (χ0v) is 13.6. The van der Waals surface area contributed by atoms with Gasteiger partial charge in [0.25, 0.3) is 0 Å². The van der Waals surface area contributed by atoms with Gasteiger partial charge in [0.2, 0.25) is 0 Å². The predicted octanol–water partition coefficient (Wildman–Crippen LogP) is 5.20. The van der Waals surface area contributed by atoms with Crippen LogP contribution in [0.3, 0.4) is 0 Å². The number of halogens is 3. The van der Waals surface area contributed by atoms with Gasteiger partial charge < -0.3 is 5.32 Å². The quantitative estimate of drug-likeness (QED) is 0.739.